The number of ether oxygens (including phenoxy) is 1. The molecular formula is C9H17N3O2S. The van der Waals surface area contributed by atoms with E-state index in [9.17, 15) is 0 Å². The van der Waals surface area contributed by atoms with Crippen molar-refractivity contribution >= 4 is 16.7 Å². The summed E-state index contributed by atoms with van der Waals surface area (Å²) in [6, 6.07) is 0.0951. The van der Waals surface area contributed by atoms with Gasteiger partial charge in [-0.3, -0.25) is 0 Å². The number of nitrogens with one attached hydrogen (secondary N) is 1. The first-order valence-electron chi connectivity index (χ1n) is 4.99. The number of aryl methyl sites for hydroxylation is 1. The van der Waals surface area contributed by atoms with Crippen LogP contribution in [0.1, 0.15) is 19.2 Å². The molecule has 1 aromatic rings. The molecule has 1 atom stereocenters. The van der Waals surface area contributed by atoms with Crippen molar-refractivity contribution in [3.63, 3.8) is 0 Å². The van der Waals surface area contributed by atoms with Gasteiger partial charge in [-0.2, -0.15) is 4.37 Å². The second-order valence-corrected chi connectivity index (χ2v) is 3.93. The molecule has 0 aliphatic heterocycles. The smallest absolute Gasteiger partial charge is 0.202 e. The lowest BCUT2D eigenvalue weighted by Gasteiger charge is -2.15. The van der Waals surface area contributed by atoms with E-state index in [1.165, 1.54) is 11.5 Å². The van der Waals surface area contributed by atoms with E-state index < -0.39 is 0 Å². The molecule has 0 saturated carbocycles. The second-order valence-electron chi connectivity index (χ2n) is 3.18. The molecule has 15 heavy (non-hydrogen) atoms. The van der Waals surface area contributed by atoms with Crippen LogP contribution in [-0.2, 0) is 11.2 Å². The summed E-state index contributed by atoms with van der Waals surface area (Å²) in [5.74, 6) is 0.850. The molecule has 5 nitrogen and oxygen atoms in total. The molecule has 1 rings (SSSR count). The molecule has 0 aliphatic rings. The Morgan fingerprint density at radius 2 is 2.40 bits per heavy atom. The van der Waals surface area contributed by atoms with Gasteiger partial charge in [0, 0.05) is 31.7 Å². The van der Waals surface area contributed by atoms with Gasteiger partial charge in [0.05, 0.1) is 12.6 Å². The van der Waals surface area contributed by atoms with Crippen molar-refractivity contribution in [1.29, 1.82) is 0 Å². The van der Waals surface area contributed by atoms with Crippen LogP contribution >= 0.6 is 11.5 Å². The minimum absolute atomic E-state index is 0.0951. The quantitative estimate of drug-likeness (QED) is 0.730. The Morgan fingerprint density at radius 3 is 2.93 bits per heavy atom. The van der Waals surface area contributed by atoms with E-state index in [1.807, 2.05) is 6.92 Å². The summed E-state index contributed by atoms with van der Waals surface area (Å²) in [6.45, 7) is 2.72. The van der Waals surface area contributed by atoms with Crippen LogP contribution in [0, 0.1) is 0 Å². The summed E-state index contributed by atoms with van der Waals surface area (Å²) in [5, 5.41) is 12.9. The van der Waals surface area contributed by atoms with Crippen molar-refractivity contribution in [2.75, 3.05) is 25.6 Å². The molecule has 1 heterocycles. The summed E-state index contributed by atoms with van der Waals surface area (Å²) in [6.07, 6.45) is 1.49. The van der Waals surface area contributed by atoms with Crippen LogP contribution in [0.2, 0.25) is 0 Å². The number of hydrogen-bond acceptors (Lipinski definition) is 6. The molecule has 86 valence electrons. The molecule has 1 unspecified atom stereocenters. The molecule has 2 N–H and O–H groups in total. The average Bonchev–Trinajstić information content (AvgIpc) is 2.66. The molecule has 0 aliphatic carbocycles. The standard InChI is InChI=1S/C9H17N3O2S/c1-3-8-11-9(15-12-8)10-7(4-5-13)6-14-2/h7,13H,3-6H2,1-2H3,(H,10,11,12). The van der Waals surface area contributed by atoms with Crippen molar-refractivity contribution in [2.24, 2.45) is 0 Å². The molecule has 0 radical (unpaired) electrons. The number of rotatable bonds is 7. The fourth-order valence-corrected chi connectivity index (χ4v) is 1.91. The lowest BCUT2D eigenvalue weighted by Crippen LogP contribution is -2.26. The number of aliphatic hydroxyl groups excluding tert-OH is 1. The number of anilines is 1. The molecular weight excluding hydrogens is 214 g/mol. The zero-order chi connectivity index (χ0) is 11.1. The molecule has 6 heteroatoms. The highest BCUT2D eigenvalue weighted by atomic mass is 32.1. The number of aromatic nitrogens is 2. The van der Waals surface area contributed by atoms with Crippen molar-refractivity contribution in [3.8, 4) is 0 Å². The van der Waals surface area contributed by atoms with Crippen LogP contribution in [0.5, 0.6) is 0 Å². The normalized spacial score (nSPS) is 12.7. The second kappa shape index (κ2) is 6.71. The number of nitrogens with zero attached hydrogens (tertiary/aromatic N) is 2. The van der Waals surface area contributed by atoms with Crippen molar-refractivity contribution < 1.29 is 9.84 Å². The average molecular weight is 231 g/mol. The Bertz CT molecular complexity index is 274. The van der Waals surface area contributed by atoms with Gasteiger partial charge in [0.1, 0.15) is 5.82 Å². The van der Waals surface area contributed by atoms with Crippen LogP contribution in [-0.4, -0.2) is 40.8 Å². The predicted molar refractivity (Wildman–Crippen MR) is 60.3 cm³/mol. The van der Waals surface area contributed by atoms with E-state index in [0.29, 0.717) is 13.0 Å². The monoisotopic (exact) mass is 231 g/mol. The van der Waals surface area contributed by atoms with Gasteiger partial charge in [-0.1, -0.05) is 6.92 Å². The lowest BCUT2D eigenvalue weighted by molar-refractivity contribution is 0.170. The van der Waals surface area contributed by atoms with E-state index in [0.717, 1.165) is 17.4 Å². The molecule has 0 aromatic carbocycles. The lowest BCUT2D eigenvalue weighted by atomic mass is 10.2. The first-order chi connectivity index (χ1) is 7.30. The van der Waals surface area contributed by atoms with Gasteiger partial charge < -0.3 is 15.2 Å². The number of hydrogen-bond donors (Lipinski definition) is 2. The fourth-order valence-electron chi connectivity index (χ4n) is 1.19. The third-order valence-electron chi connectivity index (χ3n) is 1.96. The molecule has 0 spiro atoms. The maximum Gasteiger partial charge on any atom is 0.202 e. The highest BCUT2D eigenvalue weighted by Crippen LogP contribution is 2.13. The summed E-state index contributed by atoms with van der Waals surface area (Å²) in [5.41, 5.74) is 0. The molecule has 1 aromatic heterocycles. The summed E-state index contributed by atoms with van der Waals surface area (Å²) in [7, 11) is 1.64. The molecule has 0 fully saturated rings. The van der Waals surface area contributed by atoms with E-state index in [1.54, 1.807) is 7.11 Å². The van der Waals surface area contributed by atoms with Crippen LogP contribution in [0.4, 0.5) is 5.13 Å². The van der Waals surface area contributed by atoms with E-state index in [-0.39, 0.29) is 12.6 Å². The highest BCUT2D eigenvalue weighted by Gasteiger charge is 2.10. The number of methoxy groups -OCH3 is 1. The van der Waals surface area contributed by atoms with Crippen molar-refractivity contribution in [2.45, 2.75) is 25.8 Å². The van der Waals surface area contributed by atoms with Crippen LogP contribution in [0.15, 0.2) is 0 Å². The van der Waals surface area contributed by atoms with Gasteiger partial charge in [0.2, 0.25) is 5.13 Å². The maximum absolute atomic E-state index is 8.86. The minimum Gasteiger partial charge on any atom is -0.396 e. The Morgan fingerprint density at radius 1 is 1.60 bits per heavy atom. The summed E-state index contributed by atoms with van der Waals surface area (Å²) < 4.78 is 9.22. The van der Waals surface area contributed by atoms with Gasteiger partial charge >= 0.3 is 0 Å². The van der Waals surface area contributed by atoms with Crippen molar-refractivity contribution in [3.05, 3.63) is 5.82 Å². The Labute approximate surface area is 93.7 Å². The maximum atomic E-state index is 8.86. The van der Waals surface area contributed by atoms with Gasteiger partial charge in [-0.05, 0) is 6.42 Å². The summed E-state index contributed by atoms with van der Waals surface area (Å²) in [4.78, 5) is 4.29. The Balaban J connectivity index is 2.48. The summed E-state index contributed by atoms with van der Waals surface area (Å²) >= 11 is 1.34. The van der Waals surface area contributed by atoms with E-state index >= 15 is 0 Å². The van der Waals surface area contributed by atoms with Crippen LogP contribution < -0.4 is 5.32 Å². The zero-order valence-electron chi connectivity index (χ0n) is 9.06. The van der Waals surface area contributed by atoms with E-state index in [2.05, 4.69) is 14.7 Å². The van der Waals surface area contributed by atoms with Crippen LogP contribution in [0.3, 0.4) is 0 Å². The first-order valence-corrected chi connectivity index (χ1v) is 5.76. The first kappa shape index (κ1) is 12.4. The van der Waals surface area contributed by atoms with Gasteiger partial charge in [0.25, 0.3) is 0 Å². The molecule has 0 saturated heterocycles. The largest absolute Gasteiger partial charge is 0.396 e. The third kappa shape index (κ3) is 4.11. The van der Waals surface area contributed by atoms with Crippen LogP contribution in [0.25, 0.3) is 0 Å². The Kier molecular flexibility index (Phi) is 5.52. The number of aliphatic hydroxyl groups is 1. The highest BCUT2D eigenvalue weighted by molar-refractivity contribution is 7.09. The van der Waals surface area contributed by atoms with Gasteiger partial charge in [0.15, 0.2) is 0 Å². The van der Waals surface area contributed by atoms with Crippen molar-refractivity contribution in [1.82, 2.24) is 9.36 Å². The van der Waals surface area contributed by atoms with Gasteiger partial charge in [-0.15, -0.1) is 0 Å². The zero-order valence-corrected chi connectivity index (χ0v) is 9.88. The predicted octanol–water partition coefficient (Wildman–Crippen LogP) is 0.910. The topological polar surface area (TPSA) is 67.3 Å². The fraction of sp³-hybridized carbons (Fsp3) is 0.778. The van der Waals surface area contributed by atoms with E-state index in [4.69, 9.17) is 9.84 Å². The Hall–Kier alpha value is -0.720. The van der Waals surface area contributed by atoms with Gasteiger partial charge in [-0.25, -0.2) is 4.98 Å². The molecule has 0 amide bonds. The SMILES string of the molecule is CCc1nsc(NC(CCO)COC)n1. The third-order valence-corrected chi connectivity index (χ3v) is 2.64. The minimum atomic E-state index is 0.0951. The molecule has 0 bridgehead atoms.